The first kappa shape index (κ1) is 19.5. The number of carbonyl (C=O) groups excluding carboxylic acids is 2. The molecular formula is C19H15F4N3O2. The Morgan fingerprint density at radius 3 is 2.29 bits per heavy atom. The number of nitrogens with one attached hydrogen (secondary N) is 1. The van der Waals surface area contributed by atoms with E-state index in [0.29, 0.717) is 12.0 Å². The van der Waals surface area contributed by atoms with Gasteiger partial charge in [-0.2, -0.15) is 18.3 Å². The molecule has 0 spiro atoms. The summed E-state index contributed by atoms with van der Waals surface area (Å²) in [5.41, 5.74) is -1.37. The molecule has 0 saturated heterocycles. The maximum atomic E-state index is 13.1. The van der Waals surface area contributed by atoms with Crippen molar-refractivity contribution in [2.45, 2.75) is 25.1 Å². The van der Waals surface area contributed by atoms with Crippen molar-refractivity contribution in [3.63, 3.8) is 0 Å². The molecule has 5 nitrogen and oxygen atoms in total. The van der Waals surface area contributed by atoms with Gasteiger partial charge >= 0.3 is 6.18 Å². The largest absolute Gasteiger partial charge is 0.416 e. The summed E-state index contributed by atoms with van der Waals surface area (Å²) >= 11 is 0. The van der Waals surface area contributed by atoms with Crippen LogP contribution in [-0.2, 0) is 15.8 Å². The molecule has 0 saturated carbocycles. The van der Waals surface area contributed by atoms with Crippen LogP contribution < -0.4 is 10.3 Å². The summed E-state index contributed by atoms with van der Waals surface area (Å²) in [6.07, 6.45) is -3.85. The van der Waals surface area contributed by atoms with Crippen molar-refractivity contribution >= 4 is 29.3 Å². The second-order valence-electron chi connectivity index (χ2n) is 6.52. The Morgan fingerprint density at radius 1 is 1.14 bits per heavy atom. The molecule has 0 fully saturated rings. The highest BCUT2D eigenvalue weighted by Gasteiger charge is 2.41. The van der Waals surface area contributed by atoms with E-state index in [9.17, 15) is 27.2 Å². The highest BCUT2D eigenvalue weighted by molar-refractivity contribution is 6.44. The van der Waals surface area contributed by atoms with E-state index in [2.05, 4.69) is 10.4 Å². The maximum absolute atomic E-state index is 13.1. The number of anilines is 2. The van der Waals surface area contributed by atoms with Gasteiger partial charge in [-0.1, -0.05) is 0 Å². The number of halogens is 4. The Kier molecular flexibility index (Phi) is 4.93. The number of amides is 1. The van der Waals surface area contributed by atoms with E-state index in [0.717, 1.165) is 24.3 Å². The number of benzene rings is 2. The zero-order chi connectivity index (χ0) is 20.5. The van der Waals surface area contributed by atoms with E-state index in [1.165, 1.54) is 29.3 Å². The van der Waals surface area contributed by atoms with Crippen LogP contribution in [0, 0.1) is 5.82 Å². The molecule has 1 heterocycles. The molecule has 0 aromatic heterocycles. The summed E-state index contributed by atoms with van der Waals surface area (Å²) in [5, 5.41) is 7.96. The molecular weight excluding hydrogens is 378 g/mol. The number of rotatable bonds is 4. The van der Waals surface area contributed by atoms with Gasteiger partial charge in [0.2, 0.25) is 0 Å². The summed E-state index contributed by atoms with van der Waals surface area (Å²) in [6.45, 7) is 1.57. The van der Waals surface area contributed by atoms with E-state index in [1.54, 1.807) is 6.92 Å². The molecule has 1 unspecified atom stereocenters. The lowest BCUT2D eigenvalue weighted by atomic mass is 9.96. The minimum Gasteiger partial charge on any atom is -0.321 e. The van der Waals surface area contributed by atoms with Gasteiger partial charge in [-0.25, -0.2) is 4.39 Å². The highest BCUT2D eigenvalue weighted by Crippen LogP contribution is 2.32. The summed E-state index contributed by atoms with van der Waals surface area (Å²) in [6, 6.07) is 9.24. The topological polar surface area (TPSA) is 61.8 Å². The number of carbonyl (C=O) groups is 2. The van der Waals surface area contributed by atoms with Crippen molar-refractivity contribution in [1.82, 2.24) is 0 Å². The molecule has 1 aliphatic rings. The van der Waals surface area contributed by atoms with Crippen LogP contribution in [0.3, 0.4) is 0 Å². The van der Waals surface area contributed by atoms with E-state index < -0.39 is 29.0 Å². The third-order valence-electron chi connectivity index (χ3n) is 4.29. The maximum Gasteiger partial charge on any atom is 0.416 e. The van der Waals surface area contributed by atoms with Crippen LogP contribution in [-0.4, -0.2) is 23.4 Å². The fourth-order valence-electron chi connectivity index (χ4n) is 2.78. The fraction of sp³-hybridized carbons (Fsp3) is 0.211. The third-order valence-corrected chi connectivity index (χ3v) is 4.29. The van der Waals surface area contributed by atoms with Gasteiger partial charge in [0.25, 0.3) is 5.91 Å². The second kappa shape index (κ2) is 7.06. The standard InChI is InChI=1S/C19H15F4N3O2/c1-18(11-27)10-16(25-26(18)15-8-4-13(20)5-9-15)17(28)24-14-6-2-12(3-7-14)19(21,22)23/h2-9,11H,10H2,1H3,(H,24,28). The van der Waals surface area contributed by atoms with Gasteiger partial charge in [0.05, 0.1) is 11.3 Å². The van der Waals surface area contributed by atoms with Crippen LogP contribution in [0.5, 0.6) is 0 Å². The summed E-state index contributed by atoms with van der Waals surface area (Å²) in [4.78, 5) is 24.1. The lowest BCUT2D eigenvalue weighted by Crippen LogP contribution is -2.41. The Hall–Kier alpha value is -3.23. The molecule has 9 heteroatoms. The van der Waals surface area contributed by atoms with E-state index in [1.807, 2.05) is 0 Å². The monoisotopic (exact) mass is 393 g/mol. The van der Waals surface area contributed by atoms with Gasteiger partial charge in [-0.3, -0.25) is 9.80 Å². The molecule has 0 aliphatic carbocycles. The van der Waals surface area contributed by atoms with Crippen LogP contribution in [0.2, 0.25) is 0 Å². The molecule has 146 valence electrons. The Morgan fingerprint density at radius 2 is 1.75 bits per heavy atom. The van der Waals surface area contributed by atoms with E-state index in [4.69, 9.17) is 0 Å². The molecule has 28 heavy (non-hydrogen) atoms. The molecule has 3 rings (SSSR count). The zero-order valence-corrected chi connectivity index (χ0v) is 14.6. The normalized spacial score (nSPS) is 19.3. The highest BCUT2D eigenvalue weighted by atomic mass is 19.4. The van der Waals surface area contributed by atoms with Crippen molar-refractivity contribution in [1.29, 1.82) is 0 Å². The van der Waals surface area contributed by atoms with Gasteiger partial charge in [0.1, 0.15) is 23.4 Å². The number of aldehydes is 1. The first-order valence-corrected chi connectivity index (χ1v) is 8.21. The van der Waals surface area contributed by atoms with Gasteiger partial charge in [-0.05, 0) is 55.5 Å². The van der Waals surface area contributed by atoms with Gasteiger partial charge < -0.3 is 10.1 Å². The second-order valence-corrected chi connectivity index (χ2v) is 6.52. The molecule has 1 N–H and O–H groups in total. The molecule has 0 radical (unpaired) electrons. The predicted molar refractivity (Wildman–Crippen MR) is 95.5 cm³/mol. The molecule has 0 bridgehead atoms. The van der Waals surface area contributed by atoms with E-state index in [-0.39, 0.29) is 17.8 Å². The van der Waals surface area contributed by atoms with Crippen LogP contribution >= 0.6 is 0 Å². The average Bonchev–Trinajstić information content (AvgIpc) is 3.00. The minimum absolute atomic E-state index is 0.0135. The summed E-state index contributed by atoms with van der Waals surface area (Å²) < 4.78 is 51.0. The lowest BCUT2D eigenvalue weighted by Gasteiger charge is -2.28. The van der Waals surface area contributed by atoms with Crippen LogP contribution in [0.15, 0.2) is 53.6 Å². The van der Waals surface area contributed by atoms with Crippen LogP contribution in [0.1, 0.15) is 18.9 Å². The van der Waals surface area contributed by atoms with Gasteiger partial charge in [0, 0.05) is 12.1 Å². The summed E-state index contributed by atoms with van der Waals surface area (Å²) in [5.74, 6) is -1.10. The summed E-state index contributed by atoms with van der Waals surface area (Å²) in [7, 11) is 0. The van der Waals surface area contributed by atoms with Crippen molar-refractivity contribution in [2.75, 3.05) is 10.3 Å². The van der Waals surface area contributed by atoms with E-state index >= 15 is 0 Å². The molecule has 1 amide bonds. The van der Waals surface area contributed by atoms with Crippen molar-refractivity contribution < 1.29 is 27.2 Å². The van der Waals surface area contributed by atoms with Crippen molar-refractivity contribution in [3.05, 3.63) is 59.9 Å². The average molecular weight is 393 g/mol. The number of alkyl halides is 3. The minimum atomic E-state index is -4.47. The lowest BCUT2D eigenvalue weighted by molar-refractivity contribution is -0.137. The van der Waals surface area contributed by atoms with Gasteiger partial charge in [0.15, 0.2) is 0 Å². The van der Waals surface area contributed by atoms with Crippen LogP contribution in [0.25, 0.3) is 0 Å². The van der Waals surface area contributed by atoms with Gasteiger partial charge in [-0.15, -0.1) is 0 Å². The molecule has 2 aromatic rings. The zero-order valence-electron chi connectivity index (χ0n) is 14.6. The Bertz CT molecular complexity index is 924. The Balaban J connectivity index is 1.80. The quantitative estimate of drug-likeness (QED) is 0.631. The molecule has 1 aliphatic heterocycles. The number of hydrogen-bond donors (Lipinski definition) is 1. The number of hydrazone groups is 1. The molecule has 1 atom stereocenters. The Labute approximate surface area is 157 Å². The van der Waals surface area contributed by atoms with Crippen molar-refractivity contribution in [3.8, 4) is 0 Å². The number of nitrogens with zero attached hydrogens (tertiary/aromatic N) is 2. The molecule has 2 aromatic carbocycles. The SMILES string of the molecule is CC1(C=O)CC(C(=O)Nc2ccc(C(F)(F)F)cc2)=NN1c1ccc(F)cc1. The van der Waals surface area contributed by atoms with Crippen LogP contribution in [0.4, 0.5) is 28.9 Å². The third kappa shape index (κ3) is 3.88. The first-order valence-electron chi connectivity index (χ1n) is 8.21. The predicted octanol–water partition coefficient (Wildman–Crippen LogP) is 4.01. The number of hydrogen-bond acceptors (Lipinski definition) is 4. The fourth-order valence-corrected chi connectivity index (χ4v) is 2.78. The van der Waals surface area contributed by atoms with Crippen molar-refractivity contribution in [2.24, 2.45) is 5.10 Å². The smallest absolute Gasteiger partial charge is 0.321 e. The first-order chi connectivity index (χ1) is 13.1.